The highest BCUT2D eigenvalue weighted by Gasteiger charge is 2.09. The Balaban J connectivity index is 1.33. The van der Waals surface area contributed by atoms with E-state index in [9.17, 15) is 4.79 Å². The summed E-state index contributed by atoms with van der Waals surface area (Å²) in [6, 6.07) is 12.6. The van der Waals surface area contributed by atoms with Gasteiger partial charge in [-0.1, -0.05) is 35.5 Å². The minimum absolute atomic E-state index is 0.0538. The molecule has 0 amide bonds. The summed E-state index contributed by atoms with van der Waals surface area (Å²) in [6.45, 7) is 2.60. The first-order chi connectivity index (χ1) is 14.1. The summed E-state index contributed by atoms with van der Waals surface area (Å²) in [5, 5.41) is 9.67. The van der Waals surface area contributed by atoms with E-state index in [2.05, 4.69) is 15.2 Å². The molecule has 0 fully saturated rings. The molecule has 0 aliphatic carbocycles. The monoisotopic (exact) mass is 428 g/mol. The van der Waals surface area contributed by atoms with Gasteiger partial charge in [-0.15, -0.1) is 10.2 Å². The molecule has 0 aliphatic heterocycles. The molecule has 0 bridgehead atoms. The average Bonchev–Trinajstić information content (AvgIpc) is 3.18. The third-order valence-corrected chi connectivity index (χ3v) is 5.29. The van der Waals surface area contributed by atoms with Crippen LogP contribution < -0.4 is 10.3 Å². The largest absolute Gasteiger partial charge is 0.484 e. The number of aromatic nitrogens is 4. The number of ether oxygens (including phenoxy) is 1. The maximum Gasteiger partial charge on any atom is 0.276 e. The molecule has 0 spiro atoms. The molecule has 29 heavy (non-hydrogen) atoms. The lowest BCUT2D eigenvalue weighted by Gasteiger charge is -2.06. The number of hydrogen-bond donors (Lipinski definition) is 0. The normalized spacial score (nSPS) is 11.1. The molecule has 9 heteroatoms. The van der Waals surface area contributed by atoms with E-state index in [1.807, 2.05) is 19.1 Å². The van der Waals surface area contributed by atoms with E-state index < -0.39 is 0 Å². The molecule has 2 aromatic heterocycles. The van der Waals surface area contributed by atoms with Crippen molar-refractivity contribution in [3.63, 3.8) is 0 Å². The van der Waals surface area contributed by atoms with E-state index in [0.717, 1.165) is 11.1 Å². The third-order valence-electron chi connectivity index (χ3n) is 4.24. The van der Waals surface area contributed by atoms with Crippen molar-refractivity contribution in [1.29, 1.82) is 0 Å². The summed E-state index contributed by atoms with van der Waals surface area (Å²) in [5.74, 6) is 1.64. The number of hydrogen-bond acceptors (Lipinski definition) is 7. The van der Waals surface area contributed by atoms with Gasteiger partial charge in [0.05, 0.1) is 17.2 Å². The quantitative estimate of drug-likeness (QED) is 0.409. The van der Waals surface area contributed by atoms with Gasteiger partial charge in [0.15, 0.2) is 6.61 Å². The van der Waals surface area contributed by atoms with Crippen molar-refractivity contribution in [3.8, 4) is 5.75 Å². The van der Waals surface area contributed by atoms with Crippen molar-refractivity contribution >= 4 is 34.3 Å². The second-order valence-electron chi connectivity index (χ2n) is 6.27. The third kappa shape index (κ3) is 4.60. The average molecular weight is 429 g/mol. The Hall–Kier alpha value is -2.84. The fourth-order valence-corrected chi connectivity index (χ4v) is 3.60. The molecule has 0 saturated carbocycles. The molecule has 2 aromatic carbocycles. The second-order valence-corrected chi connectivity index (χ2v) is 7.75. The van der Waals surface area contributed by atoms with Crippen LogP contribution >= 0.6 is 23.4 Å². The molecule has 0 N–H and O–H groups in total. The van der Waals surface area contributed by atoms with Gasteiger partial charge in [-0.25, -0.2) is 4.98 Å². The van der Waals surface area contributed by atoms with Crippen molar-refractivity contribution < 1.29 is 9.15 Å². The molecule has 148 valence electrons. The number of halogens is 1. The molecule has 7 nitrogen and oxygen atoms in total. The Kier molecular flexibility index (Phi) is 5.82. The Morgan fingerprint density at radius 3 is 2.83 bits per heavy atom. The van der Waals surface area contributed by atoms with Crippen LogP contribution in [0.1, 0.15) is 11.5 Å². The lowest BCUT2D eigenvalue weighted by molar-refractivity contribution is 0.252. The van der Waals surface area contributed by atoms with Crippen molar-refractivity contribution in [1.82, 2.24) is 19.7 Å². The van der Waals surface area contributed by atoms with Crippen LogP contribution in [-0.4, -0.2) is 25.5 Å². The van der Waals surface area contributed by atoms with E-state index in [1.54, 1.807) is 41.2 Å². The number of benzene rings is 2. The van der Waals surface area contributed by atoms with Gasteiger partial charge in [-0.3, -0.25) is 9.36 Å². The first kappa shape index (κ1) is 19.5. The zero-order chi connectivity index (χ0) is 20.2. The van der Waals surface area contributed by atoms with Gasteiger partial charge in [-0.2, -0.15) is 0 Å². The summed E-state index contributed by atoms with van der Waals surface area (Å²) >= 11 is 7.22. The molecule has 0 saturated heterocycles. The van der Waals surface area contributed by atoms with Gasteiger partial charge >= 0.3 is 0 Å². The predicted octanol–water partition coefficient (Wildman–Crippen LogP) is 4.11. The maximum atomic E-state index is 12.6. The van der Waals surface area contributed by atoms with Gasteiger partial charge < -0.3 is 9.15 Å². The topological polar surface area (TPSA) is 83.0 Å². The first-order valence-corrected chi connectivity index (χ1v) is 10.2. The van der Waals surface area contributed by atoms with Crippen LogP contribution in [0.3, 0.4) is 0 Å². The number of aryl methyl sites for hydroxylation is 2. The predicted molar refractivity (Wildman–Crippen MR) is 112 cm³/mol. The van der Waals surface area contributed by atoms with E-state index in [1.165, 1.54) is 11.8 Å². The van der Waals surface area contributed by atoms with Crippen LogP contribution in [-0.2, 0) is 13.2 Å². The summed E-state index contributed by atoms with van der Waals surface area (Å²) in [5.41, 5.74) is 1.67. The van der Waals surface area contributed by atoms with Gasteiger partial charge in [0.2, 0.25) is 0 Å². The number of rotatable bonds is 7. The Morgan fingerprint density at radius 1 is 1.17 bits per heavy atom. The van der Waals surface area contributed by atoms with Crippen LogP contribution in [0.4, 0.5) is 0 Å². The molecular weight excluding hydrogens is 412 g/mol. The first-order valence-electron chi connectivity index (χ1n) is 8.88. The van der Waals surface area contributed by atoms with Crippen molar-refractivity contribution in [2.75, 3.05) is 5.75 Å². The lowest BCUT2D eigenvalue weighted by atomic mass is 10.1. The van der Waals surface area contributed by atoms with E-state index >= 15 is 0 Å². The smallest absolute Gasteiger partial charge is 0.276 e. The zero-order valence-electron chi connectivity index (χ0n) is 15.5. The van der Waals surface area contributed by atoms with Crippen LogP contribution in [0.25, 0.3) is 10.9 Å². The Labute approximate surface area is 175 Å². The number of nitrogens with zero attached hydrogens (tertiary/aromatic N) is 4. The fourth-order valence-electron chi connectivity index (χ4n) is 2.76. The SMILES string of the molecule is Cc1cccc2c(=O)n(CCSc3nnc(COc4ccc(Cl)cc4)o3)cnc12. The standard InChI is InChI=1S/C20H17ClN4O3S/c1-13-3-2-4-16-18(13)22-12-25(19(16)26)9-10-29-20-24-23-17(28-20)11-27-15-7-5-14(21)6-8-15/h2-8,12H,9-11H2,1H3. The summed E-state index contributed by atoms with van der Waals surface area (Å²) in [7, 11) is 0. The maximum absolute atomic E-state index is 12.6. The van der Waals surface area contributed by atoms with Gasteiger partial charge in [0, 0.05) is 17.3 Å². The molecule has 2 heterocycles. The highest BCUT2D eigenvalue weighted by atomic mass is 35.5. The highest BCUT2D eigenvalue weighted by Crippen LogP contribution is 2.19. The Bertz CT molecular complexity index is 1190. The molecule has 0 aliphatic rings. The van der Waals surface area contributed by atoms with Crippen molar-refractivity contribution in [2.45, 2.75) is 25.3 Å². The van der Waals surface area contributed by atoms with Crippen molar-refractivity contribution in [3.05, 3.63) is 75.6 Å². The number of thioether (sulfide) groups is 1. The molecule has 0 atom stereocenters. The summed E-state index contributed by atoms with van der Waals surface area (Å²) < 4.78 is 12.7. The van der Waals surface area contributed by atoms with Crippen molar-refractivity contribution in [2.24, 2.45) is 0 Å². The van der Waals surface area contributed by atoms with Crippen LogP contribution in [0.5, 0.6) is 5.75 Å². The lowest BCUT2D eigenvalue weighted by Crippen LogP contribution is -2.21. The number of fused-ring (bicyclic) bond motifs is 1. The van der Waals surface area contributed by atoms with E-state index in [4.69, 9.17) is 20.8 Å². The molecule has 0 unspecified atom stereocenters. The fraction of sp³-hybridized carbons (Fsp3) is 0.200. The van der Waals surface area contributed by atoms with Crippen LogP contribution in [0, 0.1) is 6.92 Å². The molecule has 4 rings (SSSR count). The zero-order valence-corrected chi connectivity index (χ0v) is 17.1. The second kappa shape index (κ2) is 8.67. The molecule has 4 aromatic rings. The summed E-state index contributed by atoms with van der Waals surface area (Å²) in [6.07, 6.45) is 1.58. The number of para-hydroxylation sites is 1. The minimum atomic E-state index is -0.0538. The van der Waals surface area contributed by atoms with E-state index in [0.29, 0.717) is 39.6 Å². The Morgan fingerprint density at radius 2 is 2.00 bits per heavy atom. The molecule has 0 radical (unpaired) electrons. The minimum Gasteiger partial charge on any atom is -0.484 e. The van der Waals surface area contributed by atoms with Gasteiger partial charge in [0.1, 0.15) is 5.75 Å². The van der Waals surface area contributed by atoms with Gasteiger partial charge in [0.25, 0.3) is 16.7 Å². The van der Waals surface area contributed by atoms with Crippen LogP contribution in [0.15, 0.2) is 63.2 Å². The molecular formula is C20H17ClN4O3S. The highest BCUT2D eigenvalue weighted by molar-refractivity contribution is 7.99. The summed E-state index contributed by atoms with van der Waals surface area (Å²) in [4.78, 5) is 17.0. The van der Waals surface area contributed by atoms with Gasteiger partial charge in [-0.05, 0) is 42.8 Å². The van der Waals surface area contributed by atoms with E-state index in [-0.39, 0.29) is 12.2 Å². The van der Waals surface area contributed by atoms with Crippen LogP contribution in [0.2, 0.25) is 5.02 Å².